The molecule has 0 saturated carbocycles. The predicted octanol–water partition coefficient (Wildman–Crippen LogP) is 2.39. The Bertz CT molecular complexity index is 739. The minimum absolute atomic E-state index is 0.285. The van der Waals surface area contributed by atoms with Crippen LogP contribution in [0.5, 0.6) is 11.5 Å². The van der Waals surface area contributed by atoms with Gasteiger partial charge in [0.25, 0.3) is 0 Å². The molecule has 1 N–H and O–H groups in total. The Labute approximate surface area is 126 Å². The molecule has 2 aromatic rings. The Morgan fingerprint density at radius 1 is 1.29 bits per heavy atom. The summed E-state index contributed by atoms with van der Waals surface area (Å²) in [5.74, 6) is -0.855. The SMILES string of the molecule is O=Cc1c(Br)cc(-c2cc(C(=O)O)on2)c2c1OCCO2. The van der Waals surface area contributed by atoms with E-state index < -0.39 is 5.97 Å². The zero-order valence-electron chi connectivity index (χ0n) is 10.5. The number of nitrogens with zero attached hydrogens (tertiary/aromatic N) is 1. The Morgan fingerprint density at radius 2 is 2.00 bits per heavy atom. The van der Waals surface area contributed by atoms with Crippen molar-refractivity contribution < 1.29 is 28.7 Å². The van der Waals surface area contributed by atoms with E-state index in [0.29, 0.717) is 46.6 Å². The number of carboxylic acids is 1. The first-order chi connectivity index (χ1) is 10.1. The highest BCUT2D eigenvalue weighted by atomic mass is 79.9. The van der Waals surface area contributed by atoms with E-state index in [4.69, 9.17) is 19.1 Å². The average Bonchev–Trinajstić information content (AvgIpc) is 2.96. The molecule has 0 atom stereocenters. The van der Waals surface area contributed by atoms with E-state index in [1.807, 2.05) is 0 Å². The molecule has 1 aliphatic rings. The molecule has 108 valence electrons. The Hall–Kier alpha value is -2.35. The van der Waals surface area contributed by atoms with Crippen LogP contribution in [0.25, 0.3) is 11.3 Å². The van der Waals surface area contributed by atoms with E-state index in [9.17, 15) is 9.59 Å². The van der Waals surface area contributed by atoms with E-state index in [1.54, 1.807) is 6.07 Å². The van der Waals surface area contributed by atoms with Gasteiger partial charge in [-0.3, -0.25) is 4.79 Å². The smallest absolute Gasteiger partial charge is 0.374 e. The topological polar surface area (TPSA) is 98.9 Å². The Balaban J connectivity index is 2.20. The largest absolute Gasteiger partial charge is 0.485 e. The molecule has 0 unspecified atom stereocenters. The number of hydrogen-bond acceptors (Lipinski definition) is 6. The van der Waals surface area contributed by atoms with Crippen LogP contribution in [-0.4, -0.2) is 35.7 Å². The van der Waals surface area contributed by atoms with Gasteiger partial charge in [0.15, 0.2) is 17.8 Å². The number of carbonyl (C=O) groups is 2. The number of rotatable bonds is 3. The van der Waals surface area contributed by atoms with Gasteiger partial charge < -0.3 is 19.1 Å². The predicted molar refractivity (Wildman–Crippen MR) is 73.0 cm³/mol. The molecular formula is C13H8BrNO6. The number of aromatic nitrogens is 1. The first-order valence-electron chi connectivity index (χ1n) is 5.89. The van der Waals surface area contributed by atoms with E-state index in [0.717, 1.165) is 0 Å². The van der Waals surface area contributed by atoms with Crippen LogP contribution >= 0.6 is 15.9 Å². The second-order valence-electron chi connectivity index (χ2n) is 4.17. The maximum Gasteiger partial charge on any atom is 0.374 e. The summed E-state index contributed by atoms with van der Waals surface area (Å²) in [6, 6.07) is 2.89. The first kappa shape index (κ1) is 13.6. The van der Waals surface area contributed by atoms with Gasteiger partial charge >= 0.3 is 5.97 Å². The van der Waals surface area contributed by atoms with Gasteiger partial charge in [-0.25, -0.2) is 4.79 Å². The van der Waals surface area contributed by atoms with Crippen LogP contribution < -0.4 is 9.47 Å². The summed E-state index contributed by atoms with van der Waals surface area (Å²) in [6.45, 7) is 0.645. The van der Waals surface area contributed by atoms with Gasteiger partial charge in [0.1, 0.15) is 18.9 Å². The third kappa shape index (κ3) is 2.27. The highest BCUT2D eigenvalue weighted by Gasteiger charge is 2.25. The fraction of sp³-hybridized carbons (Fsp3) is 0.154. The third-order valence-corrected chi connectivity index (χ3v) is 3.57. The second kappa shape index (κ2) is 5.21. The van der Waals surface area contributed by atoms with Gasteiger partial charge in [-0.2, -0.15) is 0 Å². The number of carbonyl (C=O) groups excluding carboxylic acids is 1. The summed E-state index contributed by atoms with van der Waals surface area (Å²) in [7, 11) is 0. The molecular weight excluding hydrogens is 346 g/mol. The number of ether oxygens (including phenoxy) is 2. The van der Waals surface area contributed by atoms with Crippen LogP contribution in [0.1, 0.15) is 20.9 Å². The minimum atomic E-state index is -1.22. The average molecular weight is 354 g/mol. The fourth-order valence-corrected chi connectivity index (χ4v) is 2.50. The van der Waals surface area contributed by atoms with Crippen molar-refractivity contribution >= 4 is 28.2 Å². The summed E-state index contributed by atoms with van der Waals surface area (Å²) >= 11 is 3.28. The van der Waals surface area contributed by atoms with Gasteiger partial charge in [-0.05, 0) is 22.0 Å². The summed E-state index contributed by atoms with van der Waals surface area (Å²) in [5.41, 5.74) is 1.10. The van der Waals surface area contributed by atoms with Crippen LogP contribution in [0.2, 0.25) is 0 Å². The van der Waals surface area contributed by atoms with E-state index >= 15 is 0 Å². The lowest BCUT2D eigenvalue weighted by Crippen LogP contribution is -2.17. The lowest BCUT2D eigenvalue weighted by molar-refractivity contribution is 0.0652. The summed E-state index contributed by atoms with van der Waals surface area (Å²) in [5, 5.41) is 12.6. The van der Waals surface area contributed by atoms with Crippen molar-refractivity contribution in [2.24, 2.45) is 0 Å². The standard InChI is InChI=1S/C13H8BrNO6/c14-8-3-6(9-4-10(13(17)18)21-15-9)11-12(7(8)5-16)20-2-1-19-11/h3-5H,1-2H2,(H,17,18). The number of aromatic carboxylic acids is 1. The van der Waals surface area contributed by atoms with Crippen LogP contribution in [0.15, 0.2) is 21.1 Å². The second-order valence-corrected chi connectivity index (χ2v) is 5.03. The van der Waals surface area contributed by atoms with E-state index in [-0.39, 0.29) is 11.5 Å². The molecule has 0 bridgehead atoms. The van der Waals surface area contributed by atoms with Crippen LogP contribution in [-0.2, 0) is 0 Å². The Morgan fingerprint density at radius 3 is 2.62 bits per heavy atom. The molecule has 7 nitrogen and oxygen atoms in total. The van der Waals surface area contributed by atoms with Crippen molar-refractivity contribution in [3.8, 4) is 22.8 Å². The number of carboxylic acid groups (broad SMARTS) is 1. The number of hydrogen-bond donors (Lipinski definition) is 1. The molecule has 8 heteroatoms. The number of halogens is 1. The molecule has 21 heavy (non-hydrogen) atoms. The molecule has 0 saturated heterocycles. The van der Waals surface area contributed by atoms with Crippen LogP contribution in [0.4, 0.5) is 0 Å². The molecule has 0 fully saturated rings. The molecule has 0 amide bonds. The normalized spacial score (nSPS) is 13.0. The van der Waals surface area contributed by atoms with Crippen LogP contribution in [0, 0.1) is 0 Å². The van der Waals surface area contributed by atoms with Crippen molar-refractivity contribution in [2.75, 3.05) is 13.2 Å². The number of aldehydes is 1. The first-order valence-corrected chi connectivity index (χ1v) is 6.68. The van der Waals surface area contributed by atoms with Crippen molar-refractivity contribution in [1.82, 2.24) is 5.16 Å². The van der Waals surface area contributed by atoms with Gasteiger partial charge in [-0.1, -0.05) is 5.16 Å². The van der Waals surface area contributed by atoms with E-state index in [2.05, 4.69) is 21.1 Å². The zero-order valence-corrected chi connectivity index (χ0v) is 12.0. The Kier molecular flexibility index (Phi) is 3.38. The van der Waals surface area contributed by atoms with Gasteiger partial charge in [0, 0.05) is 10.5 Å². The molecule has 1 aliphatic heterocycles. The third-order valence-electron chi connectivity index (χ3n) is 2.91. The molecule has 0 spiro atoms. The zero-order chi connectivity index (χ0) is 15.0. The summed E-state index contributed by atoms with van der Waals surface area (Å²) in [4.78, 5) is 22.0. The molecule has 0 aliphatic carbocycles. The van der Waals surface area contributed by atoms with Gasteiger partial charge in [0.2, 0.25) is 5.76 Å². The lowest BCUT2D eigenvalue weighted by Gasteiger charge is -2.22. The number of benzene rings is 1. The summed E-state index contributed by atoms with van der Waals surface area (Å²) < 4.78 is 16.3. The maximum absolute atomic E-state index is 11.2. The lowest BCUT2D eigenvalue weighted by atomic mass is 10.1. The quantitative estimate of drug-likeness (QED) is 0.845. The van der Waals surface area contributed by atoms with Crippen LogP contribution in [0.3, 0.4) is 0 Å². The summed E-state index contributed by atoms with van der Waals surface area (Å²) in [6.07, 6.45) is 0.660. The molecule has 2 heterocycles. The van der Waals surface area contributed by atoms with Crippen molar-refractivity contribution in [3.63, 3.8) is 0 Å². The van der Waals surface area contributed by atoms with Gasteiger partial charge in [-0.15, -0.1) is 0 Å². The monoisotopic (exact) mass is 353 g/mol. The van der Waals surface area contributed by atoms with Crippen molar-refractivity contribution in [1.29, 1.82) is 0 Å². The molecule has 1 aromatic carbocycles. The fourth-order valence-electron chi connectivity index (χ4n) is 2.00. The van der Waals surface area contributed by atoms with Gasteiger partial charge in [0.05, 0.1) is 11.1 Å². The van der Waals surface area contributed by atoms with Crippen molar-refractivity contribution in [2.45, 2.75) is 0 Å². The minimum Gasteiger partial charge on any atom is -0.485 e. The highest BCUT2D eigenvalue weighted by molar-refractivity contribution is 9.10. The molecule has 0 radical (unpaired) electrons. The molecule has 3 rings (SSSR count). The maximum atomic E-state index is 11.2. The number of fused-ring (bicyclic) bond motifs is 1. The highest BCUT2D eigenvalue weighted by Crippen LogP contribution is 2.44. The van der Waals surface area contributed by atoms with E-state index in [1.165, 1.54) is 6.07 Å². The van der Waals surface area contributed by atoms with Crippen molar-refractivity contribution in [3.05, 3.63) is 27.9 Å². The molecule has 1 aromatic heterocycles.